The van der Waals surface area contributed by atoms with E-state index in [2.05, 4.69) is 38.2 Å². The Morgan fingerprint density at radius 1 is 1.17 bits per heavy atom. The summed E-state index contributed by atoms with van der Waals surface area (Å²) in [5.41, 5.74) is 1.82. The highest BCUT2D eigenvalue weighted by atomic mass is 14.8. The van der Waals surface area contributed by atoms with Crippen LogP contribution in [0.15, 0.2) is 62.5 Å². The second-order valence-corrected chi connectivity index (χ2v) is 2.05. The first-order chi connectivity index (χ1) is 5.66. The topological polar surface area (TPSA) is 12.0 Å². The summed E-state index contributed by atoms with van der Waals surface area (Å²) in [6, 6.07) is 0. The number of rotatable bonds is 4. The standard InChI is InChI=1S/C9H13N.C2H4/c1-5-10-9(4)7-6-8(2)3;1-2/h5-7,10H,1-2,4H2,3H3;1-2H2/b7-6-;. The number of hydrogen-bond acceptors (Lipinski definition) is 1. The largest absolute Gasteiger partial charge is 0.363 e. The van der Waals surface area contributed by atoms with Gasteiger partial charge in [-0.15, -0.1) is 13.2 Å². The molecule has 0 aromatic carbocycles. The van der Waals surface area contributed by atoms with Crippen LogP contribution in [0.1, 0.15) is 6.92 Å². The van der Waals surface area contributed by atoms with Crippen molar-refractivity contribution in [3.05, 3.63) is 62.5 Å². The molecule has 1 nitrogen and oxygen atoms in total. The molecule has 0 amide bonds. The first-order valence-corrected chi connectivity index (χ1v) is 3.56. The molecule has 0 radical (unpaired) electrons. The Morgan fingerprint density at radius 2 is 1.67 bits per heavy atom. The van der Waals surface area contributed by atoms with Crippen molar-refractivity contribution in [2.24, 2.45) is 0 Å². The average molecular weight is 163 g/mol. The summed E-state index contributed by atoms with van der Waals surface area (Å²) in [7, 11) is 0. The summed E-state index contributed by atoms with van der Waals surface area (Å²) in [6.45, 7) is 18.8. The normalized spacial score (nSPS) is 8.08. The molecule has 0 fully saturated rings. The minimum absolute atomic E-state index is 0.818. The van der Waals surface area contributed by atoms with Gasteiger partial charge in [0.2, 0.25) is 0 Å². The van der Waals surface area contributed by atoms with Gasteiger partial charge in [-0.05, 0) is 19.2 Å². The van der Waals surface area contributed by atoms with Crippen LogP contribution in [0.5, 0.6) is 0 Å². The van der Waals surface area contributed by atoms with Crippen molar-refractivity contribution in [1.29, 1.82) is 0 Å². The Bertz CT molecular complexity index is 187. The summed E-state index contributed by atoms with van der Waals surface area (Å²) in [5, 5.41) is 2.84. The molecule has 12 heavy (non-hydrogen) atoms. The van der Waals surface area contributed by atoms with Gasteiger partial charge in [-0.2, -0.15) is 0 Å². The van der Waals surface area contributed by atoms with Crippen molar-refractivity contribution < 1.29 is 0 Å². The molecule has 66 valence electrons. The Morgan fingerprint density at radius 3 is 2.00 bits per heavy atom. The summed E-state index contributed by atoms with van der Waals surface area (Å²) >= 11 is 0. The fourth-order valence-electron chi connectivity index (χ4n) is 0.422. The summed E-state index contributed by atoms with van der Waals surface area (Å²) in [5.74, 6) is 0. The van der Waals surface area contributed by atoms with Crippen molar-refractivity contribution in [1.82, 2.24) is 5.32 Å². The maximum Gasteiger partial charge on any atom is 0.0306 e. The van der Waals surface area contributed by atoms with Crippen LogP contribution in [0, 0.1) is 0 Å². The van der Waals surface area contributed by atoms with Gasteiger partial charge < -0.3 is 5.32 Å². The molecule has 0 aromatic rings. The maximum absolute atomic E-state index is 3.71. The molecular weight excluding hydrogens is 146 g/mol. The molecule has 0 spiro atoms. The van der Waals surface area contributed by atoms with Gasteiger partial charge in [0, 0.05) is 5.70 Å². The average Bonchev–Trinajstić information content (AvgIpc) is 2.05. The number of hydrogen-bond donors (Lipinski definition) is 1. The fourth-order valence-corrected chi connectivity index (χ4v) is 0.422. The molecule has 0 atom stereocenters. The lowest BCUT2D eigenvalue weighted by atomic mass is 10.3. The third-order valence-corrected chi connectivity index (χ3v) is 0.856. The van der Waals surface area contributed by atoms with Gasteiger partial charge in [-0.25, -0.2) is 0 Å². The van der Waals surface area contributed by atoms with E-state index in [1.807, 2.05) is 19.1 Å². The van der Waals surface area contributed by atoms with Gasteiger partial charge >= 0.3 is 0 Å². The van der Waals surface area contributed by atoms with Crippen LogP contribution < -0.4 is 5.32 Å². The van der Waals surface area contributed by atoms with E-state index in [4.69, 9.17) is 0 Å². The second kappa shape index (κ2) is 9.50. The first kappa shape index (κ1) is 13.1. The lowest BCUT2D eigenvalue weighted by Crippen LogP contribution is -1.98. The molecule has 0 aliphatic rings. The summed E-state index contributed by atoms with van der Waals surface area (Å²) in [6.07, 6.45) is 5.33. The number of nitrogens with one attached hydrogen (secondary N) is 1. The Kier molecular flexibility index (Phi) is 10.4. The molecule has 0 aliphatic heterocycles. The Balaban J connectivity index is 0. The Hall–Kier alpha value is -1.50. The van der Waals surface area contributed by atoms with Gasteiger partial charge in [-0.3, -0.25) is 0 Å². The number of allylic oxidation sites excluding steroid dienone is 3. The molecule has 0 saturated heterocycles. The predicted octanol–water partition coefficient (Wildman–Crippen LogP) is 3.17. The molecule has 0 aliphatic carbocycles. The van der Waals surface area contributed by atoms with Crippen molar-refractivity contribution in [2.75, 3.05) is 0 Å². The highest BCUT2D eigenvalue weighted by Crippen LogP contribution is 1.93. The lowest BCUT2D eigenvalue weighted by molar-refractivity contribution is 1.13. The molecule has 0 saturated carbocycles. The van der Waals surface area contributed by atoms with Crippen LogP contribution in [0.3, 0.4) is 0 Å². The van der Waals surface area contributed by atoms with E-state index < -0.39 is 0 Å². The molecule has 0 aromatic heterocycles. The van der Waals surface area contributed by atoms with Crippen LogP contribution in [0.25, 0.3) is 0 Å². The first-order valence-electron chi connectivity index (χ1n) is 3.56. The monoisotopic (exact) mass is 163 g/mol. The van der Waals surface area contributed by atoms with Gasteiger partial charge in [0.1, 0.15) is 0 Å². The van der Waals surface area contributed by atoms with E-state index in [1.54, 1.807) is 6.20 Å². The Labute approximate surface area is 75.5 Å². The molecule has 0 unspecified atom stereocenters. The van der Waals surface area contributed by atoms with E-state index in [0.29, 0.717) is 0 Å². The zero-order chi connectivity index (χ0) is 9.98. The van der Waals surface area contributed by atoms with Crippen LogP contribution in [0.4, 0.5) is 0 Å². The van der Waals surface area contributed by atoms with E-state index >= 15 is 0 Å². The maximum atomic E-state index is 3.71. The van der Waals surface area contributed by atoms with Crippen LogP contribution in [0.2, 0.25) is 0 Å². The minimum atomic E-state index is 0.818. The minimum Gasteiger partial charge on any atom is -0.363 e. The zero-order valence-electron chi connectivity index (χ0n) is 7.77. The van der Waals surface area contributed by atoms with E-state index in [-0.39, 0.29) is 0 Å². The quantitative estimate of drug-likeness (QED) is 0.496. The van der Waals surface area contributed by atoms with Crippen molar-refractivity contribution in [2.45, 2.75) is 6.92 Å². The van der Waals surface area contributed by atoms with Gasteiger partial charge in [0.25, 0.3) is 0 Å². The third kappa shape index (κ3) is 11.3. The fraction of sp³-hybridized carbons (Fsp3) is 0.0909. The lowest BCUT2D eigenvalue weighted by Gasteiger charge is -1.95. The van der Waals surface area contributed by atoms with Gasteiger partial charge in [0.05, 0.1) is 0 Å². The van der Waals surface area contributed by atoms with Crippen molar-refractivity contribution in [3.63, 3.8) is 0 Å². The predicted molar refractivity (Wildman–Crippen MR) is 57.7 cm³/mol. The highest BCUT2D eigenvalue weighted by molar-refractivity contribution is 5.22. The van der Waals surface area contributed by atoms with Crippen molar-refractivity contribution in [3.8, 4) is 0 Å². The van der Waals surface area contributed by atoms with Gasteiger partial charge in [-0.1, -0.05) is 31.4 Å². The summed E-state index contributed by atoms with van der Waals surface area (Å²) in [4.78, 5) is 0. The molecule has 0 heterocycles. The second-order valence-electron chi connectivity index (χ2n) is 2.05. The van der Waals surface area contributed by atoms with Gasteiger partial charge in [0.15, 0.2) is 0 Å². The molecule has 0 bridgehead atoms. The zero-order valence-corrected chi connectivity index (χ0v) is 7.77. The molecule has 0 rings (SSSR count). The van der Waals surface area contributed by atoms with E-state index in [9.17, 15) is 0 Å². The van der Waals surface area contributed by atoms with Crippen LogP contribution in [-0.2, 0) is 0 Å². The molecule has 1 heteroatoms. The van der Waals surface area contributed by atoms with Crippen LogP contribution in [-0.4, -0.2) is 0 Å². The smallest absolute Gasteiger partial charge is 0.0306 e. The van der Waals surface area contributed by atoms with Crippen LogP contribution >= 0.6 is 0 Å². The third-order valence-electron chi connectivity index (χ3n) is 0.856. The van der Waals surface area contributed by atoms with Crippen molar-refractivity contribution >= 4 is 0 Å². The van der Waals surface area contributed by atoms with E-state index in [0.717, 1.165) is 11.3 Å². The SMILES string of the molecule is C=C.C=CNC(=C)/C=C\C(=C)C. The van der Waals surface area contributed by atoms with E-state index in [1.165, 1.54) is 0 Å². The molecular formula is C11H17N. The molecule has 1 N–H and O–H groups in total. The highest BCUT2D eigenvalue weighted by Gasteiger charge is 1.79. The summed E-state index contributed by atoms with van der Waals surface area (Å²) < 4.78 is 0.